The molecule has 7 heavy (non-hydrogen) atoms. The van der Waals surface area contributed by atoms with Crippen molar-refractivity contribution >= 4 is 0 Å². The predicted octanol–water partition coefficient (Wildman–Crippen LogP) is 1.08. The molecule has 1 heterocycles. The summed E-state index contributed by atoms with van der Waals surface area (Å²) in [6.45, 7) is 0. The molecular formula is C5H5NU. The van der Waals surface area contributed by atoms with Gasteiger partial charge >= 0.3 is 0 Å². The monoisotopic (exact) mass is 317 g/mol. The van der Waals surface area contributed by atoms with Crippen LogP contribution in [0.1, 0.15) is 0 Å². The molecular weight excluding hydrogens is 312 g/mol. The molecule has 0 aromatic carbocycles. The van der Waals surface area contributed by atoms with Gasteiger partial charge in [-0.2, -0.15) is 0 Å². The van der Waals surface area contributed by atoms with Crippen molar-refractivity contribution in [1.82, 2.24) is 4.98 Å². The van der Waals surface area contributed by atoms with Crippen molar-refractivity contribution < 1.29 is 31.1 Å². The molecule has 0 aliphatic carbocycles. The van der Waals surface area contributed by atoms with Crippen LogP contribution in [0.3, 0.4) is 0 Å². The minimum Gasteiger partial charge on any atom is -0.265 e. The summed E-state index contributed by atoms with van der Waals surface area (Å²) in [7, 11) is 0. The van der Waals surface area contributed by atoms with Gasteiger partial charge in [0.1, 0.15) is 0 Å². The van der Waals surface area contributed by atoms with Crippen molar-refractivity contribution in [3.63, 3.8) is 0 Å². The summed E-state index contributed by atoms with van der Waals surface area (Å²) < 4.78 is 0. The summed E-state index contributed by atoms with van der Waals surface area (Å²) in [5, 5.41) is 0. The molecule has 1 nitrogen and oxygen atoms in total. The van der Waals surface area contributed by atoms with Crippen molar-refractivity contribution in [3.8, 4) is 0 Å². The van der Waals surface area contributed by atoms with E-state index in [2.05, 4.69) is 4.98 Å². The number of pyridine rings is 1. The Balaban J connectivity index is 0.000000360. The van der Waals surface area contributed by atoms with Crippen LogP contribution in [-0.4, -0.2) is 4.98 Å². The van der Waals surface area contributed by atoms with Gasteiger partial charge in [0.25, 0.3) is 0 Å². The maximum absolute atomic E-state index is 3.78. The van der Waals surface area contributed by atoms with E-state index < -0.39 is 0 Å². The van der Waals surface area contributed by atoms with Crippen LogP contribution in [0.2, 0.25) is 0 Å². The van der Waals surface area contributed by atoms with Gasteiger partial charge < -0.3 is 0 Å². The van der Waals surface area contributed by atoms with E-state index in [1.807, 2.05) is 18.2 Å². The van der Waals surface area contributed by atoms with E-state index in [9.17, 15) is 0 Å². The first-order valence-electron chi connectivity index (χ1n) is 1.85. The quantitative estimate of drug-likeness (QED) is 0.698. The third kappa shape index (κ3) is 2.85. The summed E-state index contributed by atoms with van der Waals surface area (Å²) in [6, 6.07) is 5.72. The van der Waals surface area contributed by atoms with Gasteiger partial charge in [-0.15, -0.1) is 0 Å². The molecule has 1 aromatic rings. The summed E-state index contributed by atoms with van der Waals surface area (Å²) in [4.78, 5) is 3.78. The Morgan fingerprint density at radius 1 is 0.857 bits per heavy atom. The molecule has 0 radical (unpaired) electrons. The Labute approximate surface area is 66.5 Å². The van der Waals surface area contributed by atoms with E-state index >= 15 is 0 Å². The van der Waals surface area contributed by atoms with Crippen LogP contribution >= 0.6 is 0 Å². The summed E-state index contributed by atoms with van der Waals surface area (Å²) >= 11 is 0. The number of hydrogen-bond acceptors (Lipinski definition) is 1. The normalized spacial score (nSPS) is 6.86. The van der Waals surface area contributed by atoms with E-state index in [1.165, 1.54) is 0 Å². The Morgan fingerprint density at radius 2 is 1.43 bits per heavy atom. The van der Waals surface area contributed by atoms with E-state index in [-0.39, 0.29) is 31.1 Å². The molecule has 34 valence electrons. The van der Waals surface area contributed by atoms with E-state index in [0.717, 1.165) is 0 Å². The molecule has 0 aliphatic heterocycles. The van der Waals surface area contributed by atoms with Gasteiger partial charge in [-0.1, -0.05) is 6.07 Å². The number of aromatic nitrogens is 1. The summed E-state index contributed by atoms with van der Waals surface area (Å²) in [5.41, 5.74) is 0. The number of rotatable bonds is 0. The molecule has 0 saturated heterocycles. The molecule has 0 spiro atoms. The maximum Gasteiger partial charge on any atom is 0.0267 e. The average Bonchev–Trinajstić information content (AvgIpc) is 1.72. The van der Waals surface area contributed by atoms with Crippen molar-refractivity contribution in [2.45, 2.75) is 0 Å². The van der Waals surface area contributed by atoms with Crippen molar-refractivity contribution in [2.75, 3.05) is 0 Å². The van der Waals surface area contributed by atoms with Gasteiger partial charge in [0, 0.05) is 43.5 Å². The Bertz CT molecular complexity index is 80.0. The minimum atomic E-state index is 0. The molecule has 1 rings (SSSR count). The molecule has 1 aromatic heterocycles. The minimum absolute atomic E-state index is 0. The van der Waals surface area contributed by atoms with Gasteiger partial charge in [-0.25, -0.2) is 0 Å². The number of hydrogen-bond donors (Lipinski definition) is 0. The van der Waals surface area contributed by atoms with Crippen molar-refractivity contribution in [3.05, 3.63) is 30.6 Å². The van der Waals surface area contributed by atoms with Crippen molar-refractivity contribution in [1.29, 1.82) is 0 Å². The van der Waals surface area contributed by atoms with E-state index in [4.69, 9.17) is 0 Å². The van der Waals surface area contributed by atoms with Gasteiger partial charge in [0.2, 0.25) is 0 Å². The second kappa shape index (κ2) is 4.36. The standard InChI is InChI=1S/C5H5N.U/c1-2-4-6-5-3-1;/h1-5H;. The molecule has 0 amide bonds. The van der Waals surface area contributed by atoms with Crippen LogP contribution < -0.4 is 0 Å². The van der Waals surface area contributed by atoms with Gasteiger partial charge in [0.15, 0.2) is 0 Å². The Hall–Kier alpha value is 0.202. The van der Waals surface area contributed by atoms with Crippen LogP contribution in [0.25, 0.3) is 0 Å². The summed E-state index contributed by atoms with van der Waals surface area (Å²) in [6.07, 6.45) is 3.50. The fourth-order valence-corrected chi connectivity index (χ4v) is 0.313. The maximum atomic E-state index is 3.78. The first kappa shape index (κ1) is 7.20. The largest absolute Gasteiger partial charge is 0.265 e. The molecule has 0 unspecified atom stereocenters. The van der Waals surface area contributed by atoms with Crippen LogP contribution in [-0.2, 0) is 0 Å². The zero-order valence-electron chi connectivity index (χ0n) is 3.83. The molecule has 0 fully saturated rings. The first-order valence-corrected chi connectivity index (χ1v) is 1.85. The average molecular weight is 317 g/mol. The van der Waals surface area contributed by atoms with Gasteiger partial charge in [-0.05, 0) is 12.1 Å². The Kier molecular flexibility index (Phi) is 4.49. The summed E-state index contributed by atoms with van der Waals surface area (Å²) in [5.74, 6) is 0. The first-order chi connectivity index (χ1) is 3.00. The van der Waals surface area contributed by atoms with E-state index in [1.54, 1.807) is 12.4 Å². The molecule has 2 heteroatoms. The second-order valence-electron chi connectivity index (χ2n) is 1.02. The third-order valence-corrected chi connectivity index (χ3v) is 0.566. The van der Waals surface area contributed by atoms with Gasteiger partial charge in [-0.3, -0.25) is 4.98 Å². The van der Waals surface area contributed by atoms with Gasteiger partial charge in [0.05, 0.1) is 0 Å². The third-order valence-electron chi connectivity index (χ3n) is 0.566. The smallest absolute Gasteiger partial charge is 0.0267 e. The van der Waals surface area contributed by atoms with Crippen LogP contribution in [0.15, 0.2) is 30.6 Å². The zero-order valence-corrected chi connectivity index (χ0v) is 8.00. The predicted molar refractivity (Wildman–Crippen MR) is 24.2 cm³/mol. The van der Waals surface area contributed by atoms with Crippen LogP contribution in [0, 0.1) is 31.1 Å². The number of nitrogens with zero attached hydrogens (tertiary/aromatic N) is 1. The molecule has 0 bridgehead atoms. The van der Waals surface area contributed by atoms with E-state index in [0.29, 0.717) is 0 Å². The second-order valence-corrected chi connectivity index (χ2v) is 1.02. The molecule has 0 saturated carbocycles. The fraction of sp³-hybridized carbons (Fsp3) is 0. The van der Waals surface area contributed by atoms with Crippen molar-refractivity contribution in [2.24, 2.45) is 0 Å². The Morgan fingerprint density at radius 3 is 1.57 bits per heavy atom. The SMILES string of the molecule is [U].c1ccncc1. The topological polar surface area (TPSA) is 12.9 Å². The van der Waals surface area contributed by atoms with Crippen LogP contribution in [0.4, 0.5) is 0 Å². The zero-order chi connectivity index (χ0) is 4.24. The molecule has 0 aliphatic rings. The van der Waals surface area contributed by atoms with Crippen LogP contribution in [0.5, 0.6) is 0 Å². The molecule has 0 N–H and O–H groups in total. The molecule has 0 atom stereocenters. The fourth-order valence-electron chi connectivity index (χ4n) is 0.313.